The number of fused-ring (bicyclic) bond motifs is 3. The normalized spacial score (nSPS) is 11.5. The number of methoxy groups -OCH3 is 1. The Morgan fingerprint density at radius 2 is 1.96 bits per heavy atom. The summed E-state index contributed by atoms with van der Waals surface area (Å²) in [4.78, 5) is 5.79. The molecule has 0 atom stereocenters. The molecule has 0 bridgehead atoms. The van der Waals surface area contributed by atoms with Crippen LogP contribution in [0.4, 0.5) is 0 Å². The first-order chi connectivity index (χ1) is 11.8. The molecule has 0 saturated carbocycles. The van der Waals surface area contributed by atoms with Gasteiger partial charge in [-0.25, -0.2) is 4.98 Å². The lowest BCUT2D eigenvalue weighted by Gasteiger charge is -2.03. The maximum atomic E-state index is 5.60. The van der Waals surface area contributed by atoms with Crippen LogP contribution in [-0.4, -0.2) is 29.7 Å². The summed E-state index contributed by atoms with van der Waals surface area (Å²) in [5.74, 6) is 0. The van der Waals surface area contributed by atoms with Crippen molar-refractivity contribution >= 4 is 26.5 Å². The Balaban J connectivity index is 1.63. The van der Waals surface area contributed by atoms with Crippen LogP contribution in [0.25, 0.3) is 26.4 Å². The summed E-state index contributed by atoms with van der Waals surface area (Å²) in [6.07, 6.45) is 2.11. The van der Waals surface area contributed by atoms with Crippen LogP contribution in [0.5, 0.6) is 0 Å². The van der Waals surface area contributed by atoms with Crippen LogP contribution in [-0.2, 0) is 16.1 Å². The molecular formula is C19H18N2O2S. The molecule has 0 saturated heterocycles. The van der Waals surface area contributed by atoms with Crippen molar-refractivity contribution in [2.45, 2.75) is 6.61 Å². The van der Waals surface area contributed by atoms with Crippen molar-refractivity contribution in [1.29, 1.82) is 0 Å². The number of nitrogens with zero attached hydrogens (tertiary/aromatic N) is 2. The minimum Gasteiger partial charge on any atom is -0.382 e. The van der Waals surface area contributed by atoms with E-state index < -0.39 is 0 Å². The van der Waals surface area contributed by atoms with Crippen molar-refractivity contribution in [3.8, 4) is 11.3 Å². The van der Waals surface area contributed by atoms with Gasteiger partial charge in [0, 0.05) is 18.9 Å². The van der Waals surface area contributed by atoms with Gasteiger partial charge in [0.25, 0.3) is 0 Å². The van der Waals surface area contributed by atoms with Crippen molar-refractivity contribution in [3.63, 3.8) is 0 Å². The third kappa shape index (κ3) is 2.94. The molecule has 0 aliphatic rings. The van der Waals surface area contributed by atoms with Crippen molar-refractivity contribution < 1.29 is 9.47 Å². The second kappa shape index (κ2) is 6.73. The van der Waals surface area contributed by atoms with Crippen LogP contribution in [0.3, 0.4) is 0 Å². The van der Waals surface area contributed by atoms with E-state index in [1.165, 1.54) is 15.8 Å². The SMILES string of the molecule is COCCOCc1ccc2c(c1)sc1nc(-c3ccccc3)cn12. The van der Waals surface area contributed by atoms with Crippen LogP contribution >= 0.6 is 11.3 Å². The molecule has 5 heteroatoms. The highest BCUT2D eigenvalue weighted by molar-refractivity contribution is 7.23. The Morgan fingerprint density at radius 1 is 1.08 bits per heavy atom. The van der Waals surface area contributed by atoms with E-state index in [0.717, 1.165) is 16.2 Å². The van der Waals surface area contributed by atoms with E-state index >= 15 is 0 Å². The molecule has 4 rings (SSSR count). The molecule has 2 aromatic heterocycles. The van der Waals surface area contributed by atoms with E-state index in [0.29, 0.717) is 19.8 Å². The quantitative estimate of drug-likeness (QED) is 0.490. The molecule has 0 aliphatic carbocycles. The molecule has 0 radical (unpaired) electrons. The minimum absolute atomic E-state index is 0.606. The zero-order valence-corrected chi connectivity index (χ0v) is 14.3. The molecule has 0 amide bonds. The van der Waals surface area contributed by atoms with Gasteiger partial charge >= 0.3 is 0 Å². The van der Waals surface area contributed by atoms with E-state index in [-0.39, 0.29) is 0 Å². The number of ether oxygens (including phenoxy) is 2. The van der Waals surface area contributed by atoms with Gasteiger partial charge in [-0.3, -0.25) is 4.40 Å². The van der Waals surface area contributed by atoms with Crippen LogP contribution in [0.2, 0.25) is 0 Å². The lowest BCUT2D eigenvalue weighted by Crippen LogP contribution is -2.01. The molecule has 2 heterocycles. The fourth-order valence-electron chi connectivity index (χ4n) is 2.72. The molecule has 0 fully saturated rings. The number of thiazole rings is 1. The molecule has 0 N–H and O–H groups in total. The van der Waals surface area contributed by atoms with Gasteiger partial charge in [-0.1, -0.05) is 47.7 Å². The predicted octanol–water partition coefficient (Wildman–Crippen LogP) is 4.38. The lowest BCUT2D eigenvalue weighted by molar-refractivity contribution is 0.0617. The number of rotatable bonds is 6. The standard InChI is InChI=1S/C19H18N2O2S/c1-22-9-10-23-13-14-7-8-17-18(11-14)24-19-20-16(12-21(17)19)15-5-3-2-4-6-15/h2-8,11-12H,9-10,13H2,1H3. The second-order valence-corrected chi connectivity index (χ2v) is 6.60. The third-order valence-corrected chi connectivity index (χ3v) is 4.95. The zero-order valence-electron chi connectivity index (χ0n) is 13.4. The summed E-state index contributed by atoms with van der Waals surface area (Å²) in [7, 11) is 1.68. The molecule has 2 aromatic carbocycles. The average Bonchev–Trinajstić information content (AvgIpc) is 3.17. The summed E-state index contributed by atoms with van der Waals surface area (Å²) in [6.45, 7) is 1.84. The first-order valence-electron chi connectivity index (χ1n) is 7.88. The average molecular weight is 338 g/mol. The summed E-state index contributed by atoms with van der Waals surface area (Å²) < 4.78 is 14.0. The molecule has 4 nitrogen and oxygen atoms in total. The molecule has 0 spiro atoms. The van der Waals surface area contributed by atoms with Crippen LogP contribution < -0.4 is 0 Å². The second-order valence-electron chi connectivity index (χ2n) is 5.59. The fraction of sp³-hybridized carbons (Fsp3) is 0.211. The van der Waals surface area contributed by atoms with Crippen LogP contribution in [0.1, 0.15) is 5.56 Å². The van der Waals surface area contributed by atoms with Gasteiger partial charge in [0.05, 0.1) is 35.7 Å². The van der Waals surface area contributed by atoms with E-state index in [2.05, 4.69) is 40.9 Å². The van der Waals surface area contributed by atoms with Crippen molar-refractivity contribution in [3.05, 3.63) is 60.3 Å². The summed E-state index contributed by atoms with van der Waals surface area (Å²) in [5.41, 5.74) is 4.51. The Morgan fingerprint density at radius 3 is 2.79 bits per heavy atom. The monoisotopic (exact) mass is 338 g/mol. The molecule has 0 unspecified atom stereocenters. The first-order valence-corrected chi connectivity index (χ1v) is 8.69. The molecule has 24 heavy (non-hydrogen) atoms. The van der Waals surface area contributed by atoms with Crippen LogP contribution in [0, 0.1) is 0 Å². The Labute approximate surface area is 144 Å². The van der Waals surface area contributed by atoms with Gasteiger partial charge in [0.15, 0.2) is 4.96 Å². The van der Waals surface area contributed by atoms with Gasteiger partial charge < -0.3 is 9.47 Å². The predicted molar refractivity (Wildman–Crippen MR) is 97.5 cm³/mol. The van der Waals surface area contributed by atoms with Gasteiger partial charge in [-0.05, 0) is 17.7 Å². The Hall–Kier alpha value is -2.21. The van der Waals surface area contributed by atoms with E-state index in [1.54, 1.807) is 18.4 Å². The number of hydrogen-bond acceptors (Lipinski definition) is 4. The first kappa shape index (κ1) is 15.3. The van der Waals surface area contributed by atoms with E-state index in [1.807, 2.05) is 18.2 Å². The largest absolute Gasteiger partial charge is 0.382 e. The summed E-state index contributed by atoms with van der Waals surface area (Å²) >= 11 is 1.71. The Bertz CT molecular complexity index is 959. The van der Waals surface area contributed by atoms with Crippen LogP contribution in [0.15, 0.2) is 54.7 Å². The van der Waals surface area contributed by atoms with Gasteiger partial charge in [-0.15, -0.1) is 0 Å². The maximum absolute atomic E-state index is 5.60. The fourth-order valence-corrected chi connectivity index (χ4v) is 3.79. The smallest absolute Gasteiger partial charge is 0.195 e. The highest BCUT2D eigenvalue weighted by Crippen LogP contribution is 2.30. The van der Waals surface area contributed by atoms with Crippen molar-refractivity contribution in [2.24, 2.45) is 0 Å². The van der Waals surface area contributed by atoms with Gasteiger partial charge in [0.2, 0.25) is 0 Å². The zero-order chi connectivity index (χ0) is 16.4. The number of benzene rings is 2. The van der Waals surface area contributed by atoms with Crippen molar-refractivity contribution in [2.75, 3.05) is 20.3 Å². The van der Waals surface area contributed by atoms with Gasteiger partial charge in [0.1, 0.15) is 0 Å². The summed E-state index contributed by atoms with van der Waals surface area (Å²) in [5, 5.41) is 0. The highest BCUT2D eigenvalue weighted by atomic mass is 32.1. The van der Waals surface area contributed by atoms with E-state index in [9.17, 15) is 0 Å². The van der Waals surface area contributed by atoms with Gasteiger partial charge in [-0.2, -0.15) is 0 Å². The Kier molecular flexibility index (Phi) is 4.30. The molecule has 4 aromatic rings. The van der Waals surface area contributed by atoms with E-state index in [4.69, 9.17) is 14.5 Å². The number of imidazole rings is 1. The third-order valence-electron chi connectivity index (χ3n) is 3.93. The minimum atomic E-state index is 0.606. The molecule has 122 valence electrons. The lowest BCUT2D eigenvalue weighted by atomic mass is 10.2. The number of aromatic nitrogens is 2. The number of hydrogen-bond donors (Lipinski definition) is 0. The topological polar surface area (TPSA) is 35.8 Å². The highest BCUT2D eigenvalue weighted by Gasteiger charge is 2.10. The maximum Gasteiger partial charge on any atom is 0.195 e. The molecule has 0 aliphatic heterocycles. The summed E-state index contributed by atoms with van der Waals surface area (Å²) in [6, 6.07) is 16.7. The molecular weight excluding hydrogens is 320 g/mol. The van der Waals surface area contributed by atoms with Crippen molar-refractivity contribution in [1.82, 2.24) is 9.38 Å².